The van der Waals surface area contributed by atoms with Crippen LogP contribution in [-0.2, 0) is 24.4 Å². The van der Waals surface area contributed by atoms with E-state index in [0.29, 0.717) is 44.7 Å². The van der Waals surface area contributed by atoms with Crippen LogP contribution in [0.2, 0.25) is 0 Å². The topological polar surface area (TPSA) is 91.3 Å². The molecule has 2 rings (SSSR count). The van der Waals surface area contributed by atoms with E-state index in [2.05, 4.69) is 5.32 Å². The third-order valence-corrected chi connectivity index (χ3v) is 5.40. The van der Waals surface area contributed by atoms with Crippen LogP contribution in [0.5, 0.6) is 0 Å². The molecule has 0 aliphatic carbocycles. The Hall–Kier alpha value is -1.48. The number of fused-ring (bicyclic) bond motifs is 1. The Balaban J connectivity index is 2.55. The second kappa shape index (κ2) is 8.75. The number of nitrogens with zero attached hydrogens (tertiary/aromatic N) is 2. The minimum atomic E-state index is -0.268. The molecule has 0 aliphatic heterocycles. The Morgan fingerprint density at radius 1 is 1.28 bits per heavy atom. The predicted molar refractivity (Wildman–Crippen MR) is 103 cm³/mol. The molecule has 0 spiro atoms. The first-order valence-electron chi connectivity index (χ1n) is 8.70. The first kappa shape index (κ1) is 19.8. The molecule has 8 heteroatoms. The van der Waals surface area contributed by atoms with Crippen LogP contribution in [-0.4, -0.2) is 34.9 Å². The van der Waals surface area contributed by atoms with Crippen LogP contribution in [0.15, 0.2) is 9.59 Å². The van der Waals surface area contributed by atoms with E-state index in [-0.39, 0.29) is 17.4 Å². The van der Waals surface area contributed by atoms with Crippen molar-refractivity contribution in [2.24, 2.45) is 5.73 Å². The van der Waals surface area contributed by atoms with Crippen molar-refractivity contribution in [3.63, 3.8) is 0 Å². The van der Waals surface area contributed by atoms with E-state index < -0.39 is 0 Å². The van der Waals surface area contributed by atoms with Crippen molar-refractivity contribution in [2.75, 3.05) is 19.7 Å². The Kier molecular flexibility index (Phi) is 6.95. The summed E-state index contributed by atoms with van der Waals surface area (Å²) in [5.74, 6) is 0. The molecule has 0 aromatic carbocycles. The molecule has 0 amide bonds. The smallest absolute Gasteiger partial charge is 0.332 e. The molecule has 0 fully saturated rings. The lowest BCUT2D eigenvalue weighted by atomic mass is 10.2. The molecular formula is C17H28N4O3S. The van der Waals surface area contributed by atoms with Crippen molar-refractivity contribution >= 4 is 21.6 Å². The first-order valence-corrected chi connectivity index (χ1v) is 9.51. The molecule has 140 valence electrons. The van der Waals surface area contributed by atoms with Crippen LogP contribution in [0.4, 0.5) is 0 Å². The van der Waals surface area contributed by atoms with Gasteiger partial charge in [0.15, 0.2) is 0 Å². The van der Waals surface area contributed by atoms with Crippen LogP contribution in [0.3, 0.4) is 0 Å². The molecule has 7 nitrogen and oxygen atoms in total. The Labute approximate surface area is 151 Å². The molecule has 0 unspecified atom stereocenters. The number of hydrogen-bond donors (Lipinski definition) is 2. The molecule has 2 heterocycles. The van der Waals surface area contributed by atoms with E-state index in [1.54, 1.807) is 4.57 Å². The average Bonchev–Trinajstić information content (AvgIpc) is 2.88. The highest BCUT2D eigenvalue weighted by Gasteiger charge is 2.19. The largest absolute Gasteiger partial charge is 0.377 e. The maximum atomic E-state index is 12.8. The number of aryl methyl sites for hydroxylation is 1. The van der Waals surface area contributed by atoms with Crippen molar-refractivity contribution in [1.29, 1.82) is 0 Å². The van der Waals surface area contributed by atoms with Gasteiger partial charge in [-0.15, -0.1) is 11.3 Å². The van der Waals surface area contributed by atoms with Crippen molar-refractivity contribution in [3.05, 3.63) is 31.3 Å². The van der Waals surface area contributed by atoms with Gasteiger partial charge in [-0.05, 0) is 33.3 Å². The predicted octanol–water partition coefficient (Wildman–Crippen LogP) is 1.03. The van der Waals surface area contributed by atoms with Gasteiger partial charge in [0.1, 0.15) is 4.83 Å². The molecule has 0 aliphatic rings. The van der Waals surface area contributed by atoms with Gasteiger partial charge in [-0.25, -0.2) is 4.79 Å². The van der Waals surface area contributed by atoms with E-state index in [1.807, 2.05) is 27.7 Å². The fraction of sp³-hybridized carbons (Fsp3) is 0.647. The SMILES string of the molecule is CCn1c(=O)c2c(C)c(CNCCN)sc2n(CCOC(C)C)c1=O. The van der Waals surface area contributed by atoms with Crippen LogP contribution in [0.1, 0.15) is 31.2 Å². The van der Waals surface area contributed by atoms with E-state index in [9.17, 15) is 9.59 Å². The van der Waals surface area contributed by atoms with Gasteiger partial charge in [0.25, 0.3) is 5.56 Å². The molecular weight excluding hydrogens is 340 g/mol. The Morgan fingerprint density at radius 2 is 2.00 bits per heavy atom. The zero-order chi connectivity index (χ0) is 18.6. The summed E-state index contributed by atoms with van der Waals surface area (Å²) in [7, 11) is 0. The lowest BCUT2D eigenvalue weighted by Crippen LogP contribution is -2.40. The van der Waals surface area contributed by atoms with Gasteiger partial charge < -0.3 is 15.8 Å². The molecule has 0 radical (unpaired) electrons. The normalized spacial score (nSPS) is 11.8. The first-order chi connectivity index (χ1) is 11.9. The van der Waals surface area contributed by atoms with Crippen molar-refractivity contribution < 1.29 is 4.74 Å². The fourth-order valence-corrected chi connectivity index (χ4v) is 4.05. The highest BCUT2D eigenvalue weighted by molar-refractivity contribution is 7.18. The monoisotopic (exact) mass is 368 g/mol. The molecule has 2 aromatic heterocycles. The van der Waals surface area contributed by atoms with Crippen molar-refractivity contribution in [3.8, 4) is 0 Å². The number of aromatic nitrogens is 2. The lowest BCUT2D eigenvalue weighted by Gasteiger charge is -2.12. The van der Waals surface area contributed by atoms with Gasteiger partial charge in [-0.2, -0.15) is 0 Å². The fourth-order valence-electron chi connectivity index (χ4n) is 2.77. The summed E-state index contributed by atoms with van der Waals surface area (Å²) in [5, 5.41) is 3.90. The van der Waals surface area contributed by atoms with E-state index >= 15 is 0 Å². The molecule has 25 heavy (non-hydrogen) atoms. The molecule has 2 aromatic rings. The summed E-state index contributed by atoms with van der Waals surface area (Å²) in [6, 6.07) is 0. The number of ether oxygens (including phenoxy) is 1. The molecule has 0 saturated carbocycles. The van der Waals surface area contributed by atoms with E-state index in [1.165, 1.54) is 15.9 Å². The summed E-state index contributed by atoms with van der Waals surface area (Å²) in [5.41, 5.74) is 5.98. The second-order valence-electron chi connectivity index (χ2n) is 6.20. The third kappa shape index (κ3) is 4.20. The molecule has 0 atom stereocenters. The number of nitrogens with one attached hydrogen (secondary N) is 1. The molecule has 3 N–H and O–H groups in total. The number of rotatable bonds is 9. The van der Waals surface area contributed by atoms with Gasteiger partial charge in [0.2, 0.25) is 0 Å². The minimum absolute atomic E-state index is 0.101. The average molecular weight is 369 g/mol. The third-order valence-electron chi connectivity index (χ3n) is 4.08. The molecule has 0 bridgehead atoms. The number of hydrogen-bond acceptors (Lipinski definition) is 6. The maximum absolute atomic E-state index is 12.8. The van der Waals surface area contributed by atoms with Gasteiger partial charge in [-0.1, -0.05) is 0 Å². The van der Waals surface area contributed by atoms with Crippen LogP contribution in [0, 0.1) is 6.92 Å². The summed E-state index contributed by atoms with van der Waals surface area (Å²) in [6.45, 7) is 10.8. The van der Waals surface area contributed by atoms with E-state index in [0.717, 1.165) is 15.3 Å². The Bertz CT molecular complexity index is 835. The summed E-state index contributed by atoms with van der Waals surface area (Å²) in [4.78, 5) is 27.3. The summed E-state index contributed by atoms with van der Waals surface area (Å²) in [6.07, 6.45) is 0.101. The van der Waals surface area contributed by atoms with Crippen molar-refractivity contribution in [2.45, 2.75) is 53.4 Å². The summed E-state index contributed by atoms with van der Waals surface area (Å²) >= 11 is 1.50. The van der Waals surface area contributed by atoms with Crippen LogP contribution in [0.25, 0.3) is 10.2 Å². The van der Waals surface area contributed by atoms with Gasteiger partial charge in [0.05, 0.1) is 24.6 Å². The van der Waals surface area contributed by atoms with Crippen LogP contribution < -0.4 is 22.3 Å². The van der Waals surface area contributed by atoms with Crippen LogP contribution >= 0.6 is 11.3 Å². The minimum Gasteiger partial charge on any atom is -0.377 e. The quantitative estimate of drug-likeness (QED) is 0.645. The lowest BCUT2D eigenvalue weighted by molar-refractivity contribution is 0.0725. The highest BCUT2D eigenvalue weighted by atomic mass is 32.1. The van der Waals surface area contributed by atoms with Gasteiger partial charge in [-0.3, -0.25) is 13.9 Å². The maximum Gasteiger partial charge on any atom is 0.332 e. The van der Waals surface area contributed by atoms with E-state index in [4.69, 9.17) is 10.5 Å². The van der Waals surface area contributed by atoms with Crippen molar-refractivity contribution in [1.82, 2.24) is 14.5 Å². The summed E-state index contributed by atoms with van der Waals surface area (Å²) < 4.78 is 8.57. The molecule has 0 saturated heterocycles. The van der Waals surface area contributed by atoms with Gasteiger partial charge in [0, 0.05) is 31.1 Å². The Morgan fingerprint density at radius 3 is 2.60 bits per heavy atom. The number of thiophene rings is 1. The number of nitrogens with two attached hydrogens (primary N) is 1. The highest BCUT2D eigenvalue weighted by Crippen LogP contribution is 2.27. The standard InChI is InChI=1S/C17H28N4O3S/c1-5-20-15(22)14-12(4)13(10-19-7-6-18)25-16(14)21(17(20)23)8-9-24-11(2)3/h11,19H,5-10,18H2,1-4H3. The second-order valence-corrected chi connectivity index (χ2v) is 7.28. The zero-order valence-corrected chi connectivity index (χ0v) is 16.2. The zero-order valence-electron chi connectivity index (χ0n) is 15.4. The van der Waals surface area contributed by atoms with Gasteiger partial charge >= 0.3 is 5.69 Å².